The molecule has 1 saturated heterocycles. The van der Waals surface area contributed by atoms with Gasteiger partial charge in [-0.05, 0) is 55.2 Å². The fraction of sp³-hybridized carbons (Fsp3) is 0.280. The molecule has 180 valence electrons. The van der Waals surface area contributed by atoms with Crippen LogP contribution in [0.25, 0.3) is 10.9 Å². The molecule has 1 aliphatic rings. The van der Waals surface area contributed by atoms with Gasteiger partial charge >= 0.3 is 5.69 Å². The number of carbonyl (C=O) groups is 1. The van der Waals surface area contributed by atoms with E-state index in [0.717, 1.165) is 37.3 Å². The summed E-state index contributed by atoms with van der Waals surface area (Å²) in [6, 6.07) is 15.1. The van der Waals surface area contributed by atoms with Crippen LogP contribution in [0, 0.1) is 0 Å². The van der Waals surface area contributed by atoms with Crippen molar-refractivity contribution in [1.29, 1.82) is 0 Å². The Morgan fingerprint density at radius 1 is 1.06 bits per heavy atom. The first-order valence-corrected chi connectivity index (χ1v) is 12.2. The maximum Gasteiger partial charge on any atom is 0.343 e. The first-order valence-electron chi connectivity index (χ1n) is 11.5. The summed E-state index contributed by atoms with van der Waals surface area (Å²) in [5.74, 6) is 0.594. The normalized spacial score (nSPS) is 14.4. The Morgan fingerprint density at radius 2 is 1.86 bits per heavy atom. The van der Waals surface area contributed by atoms with Gasteiger partial charge in [-0.3, -0.25) is 9.36 Å². The number of H-pyrrole nitrogens is 1. The Bertz CT molecular complexity index is 1430. The van der Waals surface area contributed by atoms with Crippen LogP contribution >= 0.6 is 23.2 Å². The fourth-order valence-corrected chi connectivity index (χ4v) is 5.04. The minimum atomic E-state index is -0.242. The molecule has 35 heavy (non-hydrogen) atoms. The minimum absolute atomic E-state index is 0.123. The lowest BCUT2D eigenvalue weighted by molar-refractivity contribution is 0.0956. The molecule has 1 aliphatic heterocycles. The van der Waals surface area contributed by atoms with Gasteiger partial charge in [0.2, 0.25) is 0 Å². The molecule has 3 heterocycles. The van der Waals surface area contributed by atoms with Gasteiger partial charge in [0.15, 0.2) is 0 Å². The number of hydrogen-bond acceptors (Lipinski definition) is 5. The lowest BCUT2D eigenvalue weighted by Crippen LogP contribution is -2.37. The van der Waals surface area contributed by atoms with Gasteiger partial charge in [0.25, 0.3) is 5.91 Å². The molecule has 5 rings (SSSR count). The van der Waals surface area contributed by atoms with E-state index in [1.54, 1.807) is 17.0 Å². The molecule has 4 aromatic rings. The number of carbonyl (C=O) groups excluding carboxylic acids is 1. The molecule has 2 aromatic heterocycles. The number of aromatic amines is 1. The predicted molar refractivity (Wildman–Crippen MR) is 138 cm³/mol. The van der Waals surface area contributed by atoms with E-state index in [4.69, 9.17) is 28.2 Å². The molecule has 0 atom stereocenters. The van der Waals surface area contributed by atoms with Gasteiger partial charge < -0.3 is 10.2 Å². The van der Waals surface area contributed by atoms with Gasteiger partial charge in [0.05, 0.1) is 16.1 Å². The number of aromatic nitrogens is 4. The van der Waals surface area contributed by atoms with Crippen molar-refractivity contribution < 1.29 is 4.79 Å². The lowest BCUT2D eigenvalue weighted by atomic mass is 10.0. The second-order valence-corrected chi connectivity index (χ2v) is 9.36. The summed E-state index contributed by atoms with van der Waals surface area (Å²) in [4.78, 5) is 31.9. The fourth-order valence-electron chi connectivity index (χ4n) is 4.56. The van der Waals surface area contributed by atoms with E-state index in [1.807, 2.05) is 42.5 Å². The summed E-state index contributed by atoms with van der Waals surface area (Å²) in [6.07, 6.45) is 3.82. The van der Waals surface area contributed by atoms with Crippen LogP contribution in [0.2, 0.25) is 10.0 Å². The predicted octanol–water partition coefficient (Wildman–Crippen LogP) is 4.24. The number of pyridine rings is 1. The molecule has 0 spiro atoms. The van der Waals surface area contributed by atoms with E-state index >= 15 is 0 Å². The first kappa shape index (κ1) is 23.4. The van der Waals surface area contributed by atoms with Crippen LogP contribution in [-0.2, 0) is 6.42 Å². The Morgan fingerprint density at radius 3 is 2.60 bits per heavy atom. The SMILES string of the molecule is O=C(NCCc1ccccc1Cl)c1c(Cl)ccc2nc(N3CCC(n4cn[nH]c4=O)CC3)ccc12. The highest BCUT2D eigenvalue weighted by Gasteiger charge is 2.23. The van der Waals surface area contributed by atoms with Crippen LogP contribution in [0.4, 0.5) is 5.82 Å². The average Bonchev–Trinajstić information content (AvgIpc) is 3.30. The number of nitrogens with one attached hydrogen (secondary N) is 2. The highest BCUT2D eigenvalue weighted by Crippen LogP contribution is 2.29. The molecule has 10 heteroatoms. The molecule has 0 radical (unpaired) electrons. The molecular formula is C25H24Cl2N6O2. The Hall–Kier alpha value is -3.36. The van der Waals surface area contributed by atoms with Crippen LogP contribution in [0.5, 0.6) is 0 Å². The second kappa shape index (κ2) is 10.1. The quantitative estimate of drug-likeness (QED) is 0.404. The van der Waals surface area contributed by atoms with Gasteiger partial charge in [-0.25, -0.2) is 14.9 Å². The van der Waals surface area contributed by atoms with Gasteiger partial charge in [0, 0.05) is 36.1 Å². The van der Waals surface area contributed by atoms with Crippen LogP contribution < -0.4 is 15.9 Å². The van der Waals surface area contributed by atoms with Gasteiger partial charge in [0.1, 0.15) is 12.1 Å². The maximum absolute atomic E-state index is 13.0. The molecule has 2 aromatic carbocycles. The van der Waals surface area contributed by atoms with Crippen molar-refractivity contribution in [3.63, 3.8) is 0 Å². The van der Waals surface area contributed by atoms with Crippen molar-refractivity contribution in [2.75, 3.05) is 24.5 Å². The van der Waals surface area contributed by atoms with Crippen molar-refractivity contribution in [2.45, 2.75) is 25.3 Å². The lowest BCUT2D eigenvalue weighted by Gasteiger charge is -2.33. The zero-order chi connectivity index (χ0) is 24.4. The molecule has 2 N–H and O–H groups in total. The highest BCUT2D eigenvalue weighted by molar-refractivity contribution is 6.35. The zero-order valence-corrected chi connectivity index (χ0v) is 20.4. The molecule has 1 fully saturated rings. The molecule has 8 nitrogen and oxygen atoms in total. The van der Waals surface area contributed by atoms with Gasteiger partial charge in [-0.1, -0.05) is 41.4 Å². The number of rotatable bonds is 6. The third-order valence-electron chi connectivity index (χ3n) is 6.43. The summed E-state index contributed by atoms with van der Waals surface area (Å²) in [7, 11) is 0. The van der Waals surface area contributed by atoms with Crippen LogP contribution in [0.3, 0.4) is 0 Å². The summed E-state index contributed by atoms with van der Waals surface area (Å²) in [5, 5.41) is 11.0. The van der Waals surface area contributed by atoms with Crippen LogP contribution in [0.1, 0.15) is 34.8 Å². The van der Waals surface area contributed by atoms with Crippen LogP contribution in [0.15, 0.2) is 59.7 Å². The first-order chi connectivity index (χ1) is 17.0. The van der Waals surface area contributed by atoms with Crippen molar-refractivity contribution in [1.82, 2.24) is 25.1 Å². The largest absolute Gasteiger partial charge is 0.356 e. The molecule has 0 bridgehead atoms. The minimum Gasteiger partial charge on any atom is -0.356 e. The molecule has 0 unspecified atom stereocenters. The summed E-state index contributed by atoms with van der Waals surface area (Å²) >= 11 is 12.6. The molecule has 0 aliphatic carbocycles. The smallest absolute Gasteiger partial charge is 0.343 e. The van der Waals surface area contributed by atoms with E-state index in [0.29, 0.717) is 39.5 Å². The number of hydrogen-bond donors (Lipinski definition) is 2. The summed E-state index contributed by atoms with van der Waals surface area (Å²) in [5.41, 5.74) is 1.92. The Kier molecular flexibility index (Phi) is 6.74. The third-order valence-corrected chi connectivity index (χ3v) is 7.11. The van der Waals surface area contributed by atoms with E-state index < -0.39 is 0 Å². The topological polar surface area (TPSA) is 95.9 Å². The van der Waals surface area contributed by atoms with Gasteiger partial charge in [-0.2, -0.15) is 5.10 Å². The standard InChI is InChI=1S/C25H24Cl2N6O2/c26-19-4-2-1-3-16(19)9-12-28-24(34)23-18-5-8-22(30-21(18)7-6-20(23)27)32-13-10-17(11-14-32)33-15-29-31-25(33)35/h1-8,15,17H,9-14H2,(H,28,34)(H,31,35). The number of halogens is 2. The number of nitrogens with zero attached hydrogens (tertiary/aromatic N) is 4. The van der Waals surface area contributed by atoms with Crippen molar-refractivity contribution in [3.05, 3.63) is 86.5 Å². The van der Waals surface area contributed by atoms with Gasteiger partial charge in [-0.15, -0.1) is 0 Å². The Balaban J connectivity index is 1.29. The third kappa shape index (κ3) is 4.90. The van der Waals surface area contributed by atoms with Crippen LogP contribution in [-0.4, -0.2) is 45.3 Å². The monoisotopic (exact) mass is 510 g/mol. The summed E-state index contributed by atoms with van der Waals surface area (Å²) < 4.78 is 1.66. The molecule has 0 saturated carbocycles. The number of anilines is 1. The molecular weight excluding hydrogens is 487 g/mol. The maximum atomic E-state index is 13.0. The average molecular weight is 511 g/mol. The van der Waals surface area contributed by atoms with Crippen molar-refractivity contribution >= 4 is 45.8 Å². The van der Waals surface area contributed by atoms with Crippen molar-refractivity contribution in [2.24, 2.45) is 0 Å². The van der Waals surface area contributed by atoms with E-state index in [1.165, 1.54) is 0 Å². The zero-order valence-electron chi connectivity index (χ0n) is 18.9. The van der Waals surface area contributed by atoms with Crippen molar-refractivity contribution in [3.8, 4) is 0 Å². The molecule has 1 amide bonds. The van der Waals surface area contributed by atoms with E-state index in [2.05, 4.69) is 20.4 Å². The number of fused-ring (bicyclic) bond motifs is 1. The second-order valence-electron chi connectivity index (χ2n) is 8.54. The Labute approximate surface area is 211 Å². The summed E-state index contributed by atoms with van der Waals surface area (Å²) in [6.45, 7) is 1.98. The number of amides is 1. The number of piperidine rings is 1. The van der Waals surface area contributed by atoms with E-state index in [-0.39, 0.29) is 17.6 Å². The number of benzene rings is 2. The van der Waals surface area contributed by atoms with E-state index in [9.17, 15) is 9.59 Å². The highest BCUT2D eigenvalue weighted by atomic mass is 35.5.